The van der Waals surface area contributed by atoms with Gasteiger partial charge in [-0.15, -0.1) is 0 Å². The van der Waals surface area contributed by atoms with Gasteiger partial charge in [-0.3, -0.25) is 9.59 Å². The Morgan fingerprint density at radius 1 is 1.40 bits per heavy atom. The van der Waals surface area contributed by atoms with Gasteiger partial charge in [-0.2, -0.15) is 0 Å². The lowest BCUT2D eigenvalue weighted by Crippen LogP contribution is -2.26. The van der Waals surface area contributed by atoms with Gasteiger partial charge in [0.05, 0.1) is 18.5 Å². The molecule has 0 aliphatic carbocycles. The summed E-state index contributed by atoms with van der Waals surface area (Å²) in [5.74, 6) is 0.416. The van der Waals surface area contributed by atoms with Gasteiger partial charge in [0, 0.05) is 26.1 Å². The topological polar surface area (TPSA) is 67.9 Å². The van der Waals surface area contributed by atoms with E-state index in [2.05, 4.69) is 5.32 Å². The largest absolute Gasteiger partial charge is 0.497 e. The molecule has 0 unspecified atom stereocenters. The number of amides is 2. The molecule has 20 heavy (non-hydrogen) atoms. The van der Waals surface area contributed by atoms with Gasteiger partial charge in [-0.05, 0) is 18.6 Å². The molecule has 0 atom stereocenters. The van der Waals surface area contributed by atoms with Crippen molar-refractivity contribution in [2.75, 3.05) is 37.6 Å². The minimum atomic E-state index is -0.270. The predicted octanol–water partition coefficient (Wildman–Crippen LogP) is 1.41. The van der Waals surface area contributed by atoms with Crippen molar-refractivity contribution in [3.05, 3.63) is 18.2 Å². The maximum absolute atomic E-state index is 11.9. The van der Waals surface area contributed by atoms with Crippen LogP contribution in [0.25, 0.3) is 0 Å². The standard InChI is InChI=1S/C14H18N2O4/c1-19-9-13(17)15-11-8-10(20-2)5-6-12(11)16-7-3-4-14(16)18/h5-6,8H,3-4,7,9H2,1-2H3,(H,15,17). The highest BCUT2D eigenvalue weighted by atomic mass is 16.5. The van der Waals surface area contributed by atoms with Crippen LogP contribution in [-0.2, 0) is 14.3 Å². The fourth-order valence-corrected chi connectivity index (χ4v) is 2.20. The number of benzene rings is 1. The highest BCUT2D eigenvalue weighted by Gasteiger charge is 2.24. The minimum absolute atomic E-state index is 0.0371. The van der Waals surface area contributed by atoms with Crippen molar-refractivity contribution in [3.63, 3.8) is 0 Å². The Hall–Kier alpha value is -2.08. The molecule has 6 nitrogen and oxygen atoms in total. The molecule has 2 rings (SSSR count). The van der Waals surface area contributed by atoms with Gasteiger partial charge in [0.1, 0.15) is 12.4 Å². The number of anilines is 2. The average molecular weight is 278 g/mol. The summed E-state index contributed by atoms with van der Waals surface area (Å²) in [6, 6.07) is 5.26. The van der Waals surface area contributed by atoms with Gasteiger partial charge in [-0.25, -0.2) is 0 Å². The first-order valence-electron chi connectivity index (χ1n) is 6.43. The van der Waals surface area contributed by atoms with Crippen LogP contribution in [-0.4, -0.2) is 39.2 Å². The van der Waals surface area contributed by atoms with E-state index in [-0.39, 0.29) is 18.4 Å². The van der Waals surface area contributed by atoms with E-state index in [1.807, 2.05) is 0 Å². The molecule has 1 aromatic carbocycles. The van der Waals surface area contributed by atoms with E-state index >= 15 is 0 Å². The van der Waals surface area contributed by atoms with E-state index in [9.17, 15) is 9.59 Å². The summed E-state index contributed by atoms with van der Waals surface area (Å²) in [6.07, 6.45) is 1.37. The zero-order valence-corrected chi connectivity index (χ0v) is 11.6. The Labute approximate surface area is 117 Å². The van der Waals surface area contributed by atoms with Crippen molar-refractivity contribution in [1.82, 2.24) is 0 Å². The van der Waals surface area contributed by atoms with Crippen LogP contribution in [0, 0.1) is 0 Å². The van der Waals surface area contributed by atoms with E-state index in [1.54, 1.807) is 30.2 Å². The molecular formula is C14H18N2O4. The molecule has 1 saturated heterocycles. The molecule has 1 heterocycles. The van der Waals surface area contributed by atoms with Crippen molar-refractivity contribution in [1.29, 1.82) is 0 Å². The summed E-state index contributed by atoms with van der Waals surface area (Å²) in [7, 11) is 3.01. The van der Waals surface area contributed by atoms with Crippen molar-refractivity contribution in [2.24, 2.45) is 0 Å². The Balaban J connectivity index is 2.30. The SMILES string of the molecule is COCC(=O)Nc1cc(OC)ccc1N1CCCC1=O. The Morgan fingerprint density at radius 3 is 2.80 bits per heavy atom. The van der Waals surface area contributed by atoms with Gasteiger partial charge in [0.15, 0.2) is 0 Å². The number of carbonyl (C=O) groups is 2. The Bertz CT molecular complexity index is 516. The number of methoxy groups -OCH3 is 2. The summed E-state index contributed by atoms with van der Waals surface area (Å²) < 4.78 is 9.95. The molecule has 0 saturated carbocycles. The number of rotatable bonds is 5. The molecule has 1 fully saturated rings. The second kappa shape index (κ2) is 6.38. The van der Waals surface area contributed by atoms with Gasteiger partial charge in [0.2, 0.25) is 11.8 Å². The molecule has 1 N–H and O–H groups in total. The van der Waals surface area contributed by atoms with Crippen molar-refractivity contribution in [2.45, 2.75) is 12.8 Å². The number of nitrogens with one attached hydrogen (secondary N) is 1. The lowest BCUT2D eigenvalue weighted by molar-refractivity contribution is -0.120. The fourth-order valence-electron chi connectivity index (χ4n) is 2.20. The van der Waals surface area contributed by atoms with Gasteiger partial charge < -0.3 is 19.7 Å². The Morgan fingerprint density at radius 2 is 2.20 bits per heavy atom. The van der Waals surface area contributed by atoms with Crippen LogP contribution in [0.4, 0.5) is 11.4 Å². The predicted molar refractivity (Wildman–Crippen MR) is 75.1 cm³/mol. The first-order chi connectivity index (χ1) is 9.65. The molecule has 2 amide bonds. The van der Waals surface area contributed by atoms with E-state index in [0.717, 1.165) is 6.42 Å². The summed E-state index contributed by atoms with van der Waals surface area (Å²) in [5.41, 5.74) is 1.25. The third-order valence-electron chi connectivity index (χ3n) is 3.12. The van der Waals surface area contributed by atoms with Crippen LogP contribution < -0.4 is 15.0 Å². The van der Waals surface area contributed by atoms with Crippen LogP contribution >= 0.6 is 0 Å². The van der Waals surface area contributed by atoms with Crippen molar-refractivity contribution < 1.29 is 19.1 Å². The molecule has 0 spiro atoms. The highest BCUT2D eigenvalue weighted by molar-refractivity contribution is 6.02. The number of nitrogens with zero attached hydrogens (tertiary/aromatic N) is 1. The monoisotopic (exact) mass is 278 g/mol. The zero-order chi connectivity index (χ0) is 14.5. The van der Waals surface area contributed by atoms with Crippen LogP contribution in [0.5, 0.6) is 5.75 Å². The molecule has 0 bridgehead atoms. The van der Waals surface area contributed by atoms with E-state index in [0.29, 0.717) is 30.1 Å². The number of carbonyl (C=O) groups excluding carboxylic acids is 2. The average Bonchev–Trinajstić information content (AvgIpc) is 2.85. The van der Waals surface area contributed by atoms with E-state index in [4.69, 9.17) is 9.47 Å². The summed E-state index contributed by atoms with van der Waals surface area (Å²) >= 11 is 0. The van der Waals surface area contributed by atoms with Crippen LogP contribution in [0.3, 0.4) is 0 Å². The third kappa shape index (κ3) is 3.08. The van der Waals surface area contributed by atoms with Crippen molar-refractivity contribution in [3.8, 4) is 5.75 Å². The van der Waals surface area contributed by atoms with E-state index in [1.165, 1.54) is 7.11 Å². The quantitative estimate of drug-likeness (QED) is 0.884. The molecule has 1 aliphatic rings. The van der Waals surface area contributed by atoms with Gasteiger partial charge in [-0.1, -0.05) is 0 Å². The lowest BCUT2D eigenvalue weighted by atomic mass is 10.2. The molecule has 1 aliphatic heterocycles. The molecule has 1 aromatic rings. The second-order valence-electron chi connectivity index (χ2n) is 4.51. The Kier molecular flexibility index (Phi) is 4.57. The number of hydrogen-bond donors (Lipinski definition) is 1. The first-order valence-corrected chi connectivity index (χ1v) is 6.43. The van der Waals surface area contributed by atoms with Crippen molar-refractivity contribution >= 4 is 23.2 Å². The normalized spacial score (nSPS) is 14.5. The first kappa shape index (κ1) is 14.3. The third-order valence-corrected chi connectivity index (χ3v) is 3.12. The second-order valence-corrected chi connectivity index (χ2v) is 4.51. The van der Waals surface area contributed by atoms with Crippen LogP contribution in [0.2, 0.25) is 0 Å². The molecule has 108 valence electrons. The smallest absolute Gasteiger partial charge is 0.250 e. The van der Waals surface area contributed by atoms with Gasteiger partial charge in [0.25, 0.3) is 0 Å². The molecule has 0 aromatic heterocycles. The van der Waals surface area contributed by atoms with Crippen LogP contribution in [0.15, 0.2) is 18.2 Å². The molecular weight excluding hydrogens is 260 g/mol. The van der Waals surface area contributed by atoms with Gasteiger partial charge >= 0.3 is 0 Å². The maximum atomic E-state index is 11.9. The number of hydrogen-bond acceptors (Lipinski definition) is 4. The lowest BCUT2D eigenvalue weighted by Gasteiger charge is -2.20. The zero-order valence-electron chi connectivity index (χ0n) is 11.6. The van der Waals surface area contributed by atoms with E-state index < -0.39 is 0 Å². The summed E-state index contributed by atoms with van der Waals surface area (Å²) in [4.78, 5) is 25.2. The maximum Gasteiger partial charge on any atom is 0.250 e. The molecule has 0 radical (unpaired) electrons. The summed E-state index contributed by atoms with van der Waals surface area (Å²) in [6.45, 7) is 0.628. The highest BCUT2D eigenvalue weighted by Crippen LogP contribution is 2.32. The molecule has 6 heteroatoms. The summed E-state index contributed by atoms with van der Waals surface area (Å²) in [5, 5.41) is 2.75. The fraction of sp³-hybridized carbons (Fsp3) is 0.429. The van der Waals surface area contributed by atoms with Crippen LogP contribution in [0.1, 0.15) is 12.8 Å². The minimum Gasteiger partial charge on any atom is -0.497 e. The number of ether oxygens (including phenoxy) is 2.